The van der Waals surface area contributed by atoms with E-state index in [1.807, 2.05) is 24.3 Å². The quantitative estimate of drug-likeness (QED) is 0.816. The number of benzene rings is 2. The van der Waals surface area contributed by atoms with Crippen LogP contribution in [0.25, 0.3) is 0 Å². The molecule has 2 saturated heterocycles. The van der Waals surface area contributed by atoms with E-state index >= 15 is 0 Å². The molecule has 6 nitrogen and oxygen atoms in total. The van der Waals surface area contributed by atoms with E-state index in [1.54, 1.807) is 34.1 Å². The van der Waals surface area contributed by atoms with Gasteiger partial charge in [-0.1, -0.05) is 18.2 Å². The highest BCUT2D eigenvalue weighted by molar-refractivity contribution is 5.97. The van der Waals surface area contributed by atoms with Gasteiger partial charge in [0.05, 0.1) is 6.10 Å². The number of hydrogen-bond donors (Lipinski definition) is 1. The van der Waals surface area contributed by atoms with Crippen LogP contribution in [0.15, 0.2) is 48.5 Å². The van der Waals surface area contributed by atoms with Crippen LogP contribution in [0.4, 0.5) is 5.69 Å². The molecule has 0 radical (unpaired) electrons. The molecule has 2 aliphatic heterocycles. The monoisotopic (exact) mass is 394 g/mol. The first-order valence-electron chi connectivity index (χ1n) is 10.2. The summed E-state index contributed by atoms with van der Waals surface area (Å²) in [6.07, 6.45) is 3.40. The van der Waals surface area contributed by atoms with Crippen molar-refractivity contribution in [2.24, 2.45) is 0 Å². The van der Waals surface area contributed by atoms with Gasteiger partial charge in [0.2, 0.25) is 5.91 Å². The average molecular weight is 394 g/mol. The zero-order chi connectivity index (χ0) is 20.2. The second kappa shape index (κ2) is 8.66. The molecule has 2 amide bonds. The number of carbonyl (C=O) groups is 2. The maximum atomic E-state index is 13.3. The van der Waals surface area contributed by atoms with E-state index in [0.29, 0.717) is 30.6 Å². The molecule has 2 aliphatic rings. The van der Waals surface area contributed by atoms with Crippen LogP contribution in [0.2, 0.25) is 0 Å². The van der Waals surface area contributed by atoms with Gasteiger partial charge >= 0.3 is 0 Å². The van der Waals surface area contributed by atoms with E-state index < -0.39 is 0 Å². The second-order valence-electron chi connectivity index (χ2n) is 7.65. The fourth-order valence-corrected chi connectivity index (χ4v) is 3.99. The molecule has 0 spiro atoms. The van der Waals surface area contributed by atoms with Crippen LogP contribution in [-0.2, 0) is 16.1 Å². The molecule has 2 fully saturated rings. The number of nitrogens with zero attached hydrogens (tertiary/aromatic N) is 2. The predicted octanol–water partition coefficient (Wildman–Crippen LogP) is 3.34. The number of amides is 2. The summed E-state index contributed by atoms with van der Waals surface area (Å²) in [7, 11) is 0. The van der Waals surface area contributed by atoms with Gasteiger partial charge < -0.3 is 19.6 Å². The topological polar surface area (TPSA) is 70.1 Å². The predicted molar refractivity (Wildman–Crippen MR) is 110 cm³/mol. The Morgan fingerprint density at radius 2 is 1.93 bits per heavy atom. The van der Waals surface area contributed by atoms with Crippen molar-refractivity contribution in [3.05, 3.63) is 59.7 Å². The SMILES string of the molecule is O=C(c1ccc(N2CCCC2=O)cc1)N(Cc1ccccc1O)CC1CCCO1. The van der Waals surface area contributed by atoms with Crippen molar-refractivity contribution in [2.75, 3.05) is 24.6 Å². The number of para-hydroxylation sites is 1. The molecule has 152 valence electrons. The van der Waals surface area contributed by atoms with Crippen molar-refractivity contribution in [2.45, 2.75) is 38.3 Å². The molecule has 1 unspecified atom stereocenters. The second-order valence-corrected chi connectivity index (χ2v) is 7.65. The molecule has 1 N–H and O–H groups in total. The van der Waals surface area contributed by atoms with Crippen molar-refractivity contribution in [3.63, 3.8) is 0 Å². The lowest BCUT2D eigenvalue weighted by Gasteiger charge is -2.26. The highest BCUT2D eigenvalue weighted by atomic mass is 16.5. The smallest absolute Gasteiger partial charge is 0.254 e. The first-order valence-corrected chi connectivity index (χ1v) is 10.2. The lowest BCUT2D eigenvalue weighted by molar-refractivity contribution is -0.117. The molecule has 0 aromatic heterocycles. The Morgan fingerprint density at radius 1 is 1.14 bits per heavy atom. The van der Waals surface area contributed by atoms with Gasteiger partial charge in [0.1, 0.15) is 5.75 Å². The Balaban J connectivity index is 1.53. The molecule has 29 heavy (non-hydrogen) atoms. The third-order valence-corrected chi connectivity index (χ3v) is 5.59. The summed E-state index contributed by atoms with van der Waals surface area (Å²) in [5.74, 6) is 0.201. The van der Waals surface area contributed by atoms with Crippen LogP contribution in [0, 0.1) is 0 Å². The van der Waals surface area contributed by atoms with Crippen LogP contribution in [0.3, 0.4) is 0 Å². The van der Waals surface area contributed by atoms with Crippen molar-refractivity contribution in [3.8, 4) is 5.75 Å². The minimum Gasteiger partial charge on any atom is -0.508 e. The lowest BCUT2D eigenvalue weighted by atomic mass is 10.1. The summed E-state index contributed by atoms with van der Waals surface area (Å²) in [5.41, 5.74) is 2.10. The van der Waals surface area contributed by atoms with E-state index in [2.05, 4.69) is 0 Å². The Hall–Kier alpha value is -2.86. The largest absolute Gasteiger partial charge is 0.508 e. The zero-order valence-electron chi connectivity index (χ0n) is 16.4. The number of ether oxygens (including phenoxy) is 1. The maximum Gasteiger partial charge on any atom is 0.254 e. The lowest BCUT2D eigenvalue weighted by Crippen LogP contribution is -2.37. The maximum absolute atomic E-state index is 13.3. The van der Waals surface area contributed by atoms with Crippen LogP contribution in [0.5, 0.6) is 5.75 Å². The molecule has 1 atom stereocenters. The van der Waals surface area contributed by atoms with Crippen molar-refractivity contribution < 1.29 is 19.4 Å². The van der Waals surface area contributed by atoms with Crippen LogP contribution in [0.1, 0.15) is 41.6 Å². The van der Waals surface area contributed by atoms with Gasteiger partial charge in [-0.15, -0.1) is 0 Å². The Kier molecular flexibility index (Phi) is 5.81. The van der Waals surface area contributed by atoms with Gasteiger partial charge in [0, 0.05) is 49.5 Å². The number of aromatic hydroxyl groups is 1. The fourth-order valence-electron chi connectivity index (χ4n) is 3.99. The molecule has 0 saturated carbocycles. The molecular formula is C23H26N2O4. The first-order chi connectivity index (χ1) is 14.1. The van der Waals surface area contributed by atoms with E-state index in [0.717, 1.165) is 38.1 Å². The fraction of sp³-hybridized carbons (Fsp3) is 0.391. The van der Waals surface area contributed by atoms with Crippen LogP contribution in [-0.4, -0.2) is 47.6 Å². The van der Waals surface area contributed by atoms with Gasteiger partial charge in [-0.05, 0) is 49.6 Å². The van der Waals surface area contributed by atoms with Crippen molar-refractivity contribution in [1.29, 1.82) is 0 Å². The van der Waals surface area contributed by atoms with Crippen molar-refractivity contribution >= 4 is 17.5 Å². The summed E-state index contributed by atoms with van der Waals surface area (Å²) in [6.45, 7) is 2.25. The van der Waals surface area contributed by atoms with E-state index in [4.69, 9.17) is 4.74 Å². The van der Waals surface area contributed by atoms with Gasteiger partial charge in [-0.3, -0.25) is 9.59 Å². The van der Waals surface area contributed by atoms with E-state index in [-0.39, 0.29) is 23.7 Å². The molecule has 0 bridgehead atoms. The van der Waals surface area contributed by atoms with Gasteiger partial charge in [-0.25, -0.2) is 0 Å². The summed E-state index contributed by atoms with van der Waals surface area (Å²) in [6, 6.07) is 14.3. The molecule has 2 aromatic carbocycles. The first kappa shape index (κ1) is 19.5. The number of rotatable bonds is 6. The highest BCUT2D eigenvalue weighted by Gasteiger charge is 2.25. The summed E-state index contributed by atoms with van der Waals surface area (Å²) in [5, 5.41) is 10.1. The molecule has 2 heterocycles. The Labute approximate surface area is 170 Å². The minimum absolute atomic E-state index is 0.0197. The third-order valence-electron chi connectivity index (χ3n) is 5.59. The van der Waals surface area contributed by atoms with Gasteiger partial charge in [0.25, 0.3) is 5.91 Å². The summed E-state index contributed by atoms with van der Waals surface area (Å²) < 4.78 is 5.74. The number of carbonyl (C=O) groups excluding carboxylic acids is 2. The average Bonchev–Trinajstić information content (AvgIpc) is 3.40. The third kappa shape index (κ3) is 4.43. The summed E-state index contributed by atoms with van der Waals surface area (Å²) in [4.78, 5) is 28.7. The normalized spacial score (nSPS) is 19.0. The standard InChI is InChI=1S/C23H26N2O4/c26-21-7-2-1-5-18(21)15-24(16-20-6-4-14-29-20)23(28)17-9-11-19(12-10-17)25-13-3-8-22(25)27/h1-2,5,7,9-12,20,26H,3-4,6,8,13-16H2. The summed E-state index contributed by atoms with van der Waals surface area (Å²) >= 11 is 0. The molecule has 2 aromatic rings. The number of phenolic OH excluding ortho intramolecular Hbond substituents is 1. The minimum atomic E-state index is -0.108. The van der Waals surface area contributed by atoms with Crippen LogP contribution >= 0.6 is 0 Å². The van der Waals surface area contributed by atoms with Crippen molar-refractivity contribution in [1.82, 2.24) is 4.90 Å². The zero-order valence-corrected chi connectivity index (χ0v) is 16.4. The van der Waals surface area contributed by atoms with Gasteiger partial charge in [-0.2, -0.15) is 0 Å². The highest BCUT2D eigenvalue weighted by Crippen LogP contribution is 2.24. The number of hydrogen-bond acceptors (Lipinski definition) is 4. The Bertz CT molecular complexity index is 875. The Morgan fingerprint density at radius 3 is 2.59 bits per heavy atom. The van der Waals surface area contributed by atoms with Gasteiger partial charge in [0.15, 0.2) is 0 Å². The van der Waals surface area contributed by atoms with E-state index in [1.165, 1.54) is 0 Å². The van der Waals surface area contributed by atoms with Crippen LogP contribution < -0.4 is 4.90 Å². The molecule has 6 heteroatoms. The van der Waals surface area contributed by atoms with E-state index in [9.17, 15) is 14.7 Å². The number of phenols is 1. The molecule has 4 rings (SSSR count). The molecular weight excluding hydrogens is 368 g/mol. The number of anilines is 1. The molecule has 0 aliphatic carbocycles.